The van der Waals surface area contributed by atoms with Crippen molar-refractivity contribution in [2.24, 2.45) is 4.99 Å². The average molecular weight is 265 g/mol. The Bertz CT molecular complexity index is 637. The number of para-hydroxylation sites is 2. The highest BCUT2D eigenvalue weighted by atomic mass is 16.5. The summed E-state index contributed by atoms with van der Waals surface area (Å²) < 4.78 is 5.74. The van der Waals surface area contributed by atoms with Crippen LogP contribution in [0.15, 0.2) is 53.5 Å². The molecule has 0 bridgehead atoms. The SMILES string of the molecule is Cc1cccc(C)c1OC(=Nc1ccccc1)NC#N. The van der Waals surface area contributed by atoms with Crippen molar-refractivity contribution >= 4 is 11.7 Å². The van der Waals surface area contributed by atoms with Gasteiger partial charge in [0.05, 0.1) is 5.69 Å². The molecular weight excluding hydrogens is 250 g/mol. The highest BCUT2D eigenvalue weighted by Gasteiger charge is 2.08. The Labute approximate surface area is 118 Å². The van der Waals surface area contributed by atoms with Gasteiger partial charge in [0.25, 0.3) is 0 Å². The number of aryl methyl sites for hydroxylation is 2. The fourth-order valence-electron chi connectivity index (χ4n) is 1.80. The van der Waals surface area contributed by atoms with Gasteiger partial charge in [0, 0.05) is 0 Å². The number of amidine groups is 1. The first-order valence-corrected chi connectivity index (χ1v) is 6.23. The number of aliphatic imine (C=N–C) groups is 1. The van der Waals surface area contributed by atoms with Crippen LogP contribution >= 0.6 is 0 Å². The second kappa shape index (κ2) is 6.39. The highest BCUT2D eigenvalue weighted by Crippen LogP contribution is 2.23. The Morgan fingerprint density at radius 2 is 1.70 bits per heavy atom. The van der Waals surface area contributed by atoms with Crippen molar-refractivity contribution < 1.29 is 4.74 Å². The van der Waals surface area contributed by atoms with Crippen molar-refractivity contribution in [3.8, 4) is 11.9 Å². The Morgan fingerprint density at radius 1 is 1.05 bits per heavy atom. The third-order valence-corrected chi connectivity index (χ3v) is 2.76. The molecule has 0 saturated heterocycles. The van der Waals surface area contributed by atoms with E-state index in [2.05, 4.69) is 10.3 Å². The van der Waals surface area contributed by atoms with Gasteiger partial charge in [-0.2, -0.15) is 10.3 Å². The average Bonchev–Trinajstić information content (AvgIpc) is 2.44. The third-order valence-electron chi connectivity index (χ3n) is 2.76. The molecule has 0 aromatic heterocycles. The summed E-state index contributed by atoms with van der Waals surface area (Å²) in [7, 11) is 0. The lowest BCUT2D eigenvalue weighted by Gasteiger charge is -2.11. The zero-order valence-corrected chi connectivity index (χ0v) is 11.4. The summed E-state index contributed by atoms with van der Waals surface area (Å²) in [5, 5.41) is 11.3. The molecule has 0 spiro atoms. The molecule has 0 heterocycles. The zero-order valence-electron chi connectivity index (χ0n) is 11.4. The van der Waals surface area contributed by atoms with Gasteiger partial charge in [-0.3, -0.25) is 0 Å². The van der Waals surface area contributed by atoms with Crippen molar-refractivity contribution in [1.29, 1.82) is 5.26 Å². The molecule has 2 aromatic rings. The summed E-state index contributed by atoms with van der Waals surface area (Å²) in [6, 6.07) is 15.4. The largest absolute Gasteiger partial charge is 0.425 e. The molecular formula is C16H15N3O. The van der Waals surface area contributed by atoms with Crippen LogP contribution in [0.1, 0.15) is 11.1 Å². The van der Waals surface area contributed by atoms with Gasteiger partial charge >= 0.3 is 6.02 Å². The molecule has 0 atom stereocenters. The van der Waals surface area contributed by atoms with Gasteiger partial charge in [0.15, 0.2) is 6.19 Å². The minimum atomic E-state index is 0.163. The van der Waals surface area contributed by atoms with Crippen LogP contribution in [0, 0.1) is 25.3 Å². The summed E-state index contributed by atoms with van der Waals surface area (Å²) in [4.78, 5) is 4.29. The Morgan fingerprint density at radius 3 is 2.30 bits per heavy atom. The molecule has 20 heavy (non-hydrogen) atoms. The number of nitrogens with zero attached hydrogens (tertiary/aromatic N) is 2. The molecule has 0 amide bonds. The van der Waals surface area contributed by atoms with E-state index in [0.717, 1.165) is 16.8 Å². The van der Waals surface area contributed by atoms with Crippen LogP contribution in [0.3, 0.4) is 0 Å². The summed E-state index contributed by atoms with van der Waals surface area (Å²) in [5.41, 5.74) is 2.70. The Balaban J connectivity index is 2.31. The number of hydrogen-bond acceptors (Lipinski definition) is 3. The molecule has 4 nitrogen and oxygen atoms in total. The molecule has 0 unspecified atom stereocenters. The summed E-state index contributed by atoms with van der Waals surface area (Å²) in [6.45, 7) is 3.91. The number of hydrogen-bond donors (Lipinski definition) is 1. The summed E-state index contributed by atoms with van der Waals surface area (Å²) in [6.07, 6.45) is 1.84. The summed E-state index contributed by atoms with van der Waals surface area (Å²) >= 11 is 0. The maximum absolute atomic E-state index is 8.81. The monoisotopic (exact) mass is 265 g/mol. The van der Waals surface area contributed by atoms with Gasteiger partial charge in [-0.25, -0.2) is 5.32 Å². The highest BCUT2D eigenvalue weighted by molar-refractivity contribution is 5.81. The third kappa shape index (κ3) is 3.36. The molecule has 0 radical (unpaired) electrons. The van der Waals surface area contributed by atoms with E-state index < -0.39 is 0 Å². The van der Waals surface area contributed by atoms with Crippen LogP contribution in [-0.2, 0) is 0 Å². The molecule has 100 valence electrons. The zero-order chi connectivity index (χ0) is 14.4. The van der Waals surface area contributed by atoms with E-state index in [1.165, 1.54) is 0 Å². The van der Waals surface area contributed by atoms with E-state index in [9.17, 15) is 0 Å². The number of benzene rings is 2. The fraction of sp³-hybridized carbons (Fsp3) is 0.125. The molecule has 0 aliphatic rings. The molecule has 0 fully saturated rings. The van der Waals surface area contributed by atoms with E-state index >= 15 is 0 Å². The molecule has 0 aliphatic heterocycles. The van der Waals surface area contributed by atoms with Crippen molar-refractivity contribution in [2.45, 2.75) is 13.8 Å². The molecule has 2 rings (SSSR count). The van der Waals surface area contributed by atoms with Crippen LogP contribution < -0.4 is 10.1 Å². The van der Waals surface area contributed by atoms with Crippen molar-refractivity contribution in [1.82, 2.24) is 5.32 Å². The predicted molar refractivity (Wildman–Crippen MR) is 78.8 cm³/mol. The van der Waals surface area contributed by atoms with E-state index in [4.69, 9.17) is 10.00 Å². The lowest BCUT2D eigenvalue weighted by atomic mass is 10.1. The topological polar surface area (TPSA) is 57.4 Å². The first-order chi connectivity index (χ1) is 9.70. The predicted octanol–water partition coefficient (Wildman–Crippen LogP) is 3.44. The van der Waals surface area contributed by atoms with E-state index in [1.807, 2.05) is 68.6 Å². The number of nitrogens with one attached hydrogen (secondary N) is 1. The van der Waals surface area contributed by atoms with E-state index in [0.29, 0.717) is 5.75 Å². The van der Waals surface area contributed by atoms with E-state index in [1.54, 1.807) is 0 Å². The van der Waals surface area contributed by atoms with Crippen LogP contribution in [0.25, 0.3) is 0 Å². The fourth-order valence-corrected chi connectivity index (χ4v) is 1.80. The van der Waals surface area contributed by atoms with Gasteiger partial charge in [-0.15, -0.1) is 0 Å². The number of nitriles is 1. The lowest BCUT2D eigenvalue weighted by molar-refractivity contribution is 0.523. The minimum absolute atomic E-state index is 0.163. The Hall–Kier alpha value is -2.80. The summed E-state index contributed by atoms with van der Waals surface area (Å²) in [5.74, 6) is 0.713. The van der Waals surface area contributed by atoms with Crippen LogP contribution in [0.4, 0.5) is 5.69 Å². The maximum Gasteiger partial charge on any atom is 0.309 e. The molecule has 1 N–H and O–H groups in total. The number of ether oxygens (including phenoxy) is 1. The van der Waals surface area contributed by atoms with Crippen LogP contribution in [-0.4, -0.2) is 6.02 Å². The van der Waals surface area contributed by atoms with Crippen molar-refractivity contribution in [2.75, 3.05) is 0 Å². The second-order valence-corrected chi connectivity index (χ2v) is 4.31. The molecule has 0 aliphatic carbocycles. The van der Waals surface area contributed by atoms with Crippen LogP contribution in [0.5, 0.6) is 5.75 Å². The van der Waals surface area contributed by atoms with E-state index in [-0.39, 0.29) is 6.02 Å². The lowest BCUT2D eigenvalue weighted by Crippen LogP contribution is -2.24. The van der Waals surface area contributed by atoms with Gasteiger partial charge in [-0.1, -0.05) is 36.4 Å². The molecule has 2 aromatic carbocycles. The standard InChI is InChI=1S/C16H15N3O/c1-12-7-6-8-13(2)15(12)20-16(18-11-17)19-14-9-4-3-5-10-14/h3-10H,1-2H3,(H,18,19). The molecule has 0 saturated carbocycles. The Kier molecular flexibility index (Phi) is 4.35. The van der Waals surface area contributed by atoms with Gasteiger partial charge < -0.3 is 4.74 Å². The number of rotatable bonds is 2. The normalized spacial score (nSPS) is 10.8. The molecule has 4 heteroatoms. The maximum atomic E-state index is 8.81. The first-order valence-electron chi connectivity index (χ1n) is 6.23. The van der Waals surface area contributed by atoms with Crippen LogP contribution in [0.2, 0.25) is 0 Å². The second-order valence-electron chi connectivity index (χ2n) is 4.31. The van der Waals surface area contributed by atoms with Gasteiger partial charge in [-0.05, 0) is 37.1 Å². The first kappa shape index (κ1) is 13.6. The quantitative estimate of drug-likeness (QED) is 0.391. The van der Waals surface area contributed by atoms with Crippen molar-refractivity contribution in [3.05, 3.63) is 59.7 Å². The van der Waals surface area contributed by atoms with Gasteiger partial charge in [0.2, 0.25) is 0 Å². The smallest absolute Gasteiger partial charge is 0.309 e. The minimum Gasteiger partial charge on any atom is -0.425 e. The van der Waals surface area contributed by atoms with Gasteiger partial charge in [0.1, 0.15) is 5.75 Å². The van der Waals surface area contributed by atoms with Crippen molar-refractivity contribution in [3.63, 3.8) is 0 Å².